The molecule has 0 atom stereocenters. The zero-order chi connectivity index (χ0) is 9.68. The summed E-state index contributed by atoms with van der Waals surface area (Å²) in [6.45, 7) is 4.59. The lowest BCUT2D eigenvalue weighted by molar-refractivity contribution is 0.414. The SMILES string of the molecule is C=Cc1ccc(OC)cc1CNC. The van der Waals surface area contributed by atoms with E-state index in [0.717, 1.165) is 17.9 Å². The summed E-state index contributed by atoms with van der Waals surface area (Å²) in [5, 5.41) is 3.11. The maximum absolute atomic E-state index is 5.14. The first kappa shape index (κ1) is 9.81. The predicted molar refractivity (Wildman–Crippen MR) is 55.8 cm³/mol. The number of rotatable bonds is 4. The van der Waals surface area contributed by atoms with Crippen molar-refractivity contribution in [2.24, 2.45) is 0 Å². The zero-order valence-electron chi connectivity index (χ0n) is 8.13. The largest absolute Gasteiger partial charge is 0.497 e. The number of ether oxygens (including phenoxy) is 1. The minimum atomic E-state index is 0.832. The molecule has 13 heavy (non-hydrogen) atoms. The minimum absolute atomic E-state index is 0.832. The Morgan fingerprint density at radius 3 is 2.85 bits per heavy atom. The summed E-state index contributed by atoms with van der Waals surface area (Å²) in [4.78, 5) is 0. The van der Waals surface area contributed by atoms with Gasteiger partial charge in [-0.15, -0.1) is 0 Å². The molecule has 1 aromatic rings. The molecule has 2 heteroatoms. The van der Waals surface area contributed by atoms with Gasteiger partial charge in [0.1, 0.15) is 5.75 Å². The molecule has 0 radical (unpaired) electrons. The minimum Gasteiger partial charge on any atom is -0.497 e. The van der Waals surface area contributed by atoms with Crippen molar-refractivity contribution in [3.63, 3.8) is 0 Å². The zero-order valence-corrected chi connectivity index (χ0v) is 8.13. The van der Waals surface area contributed by atoms with E-state index in [2.05, 4.69) is 11.9 Å². The smallest absolute Gasteiger partial charge is 0.119 e. The van der Waals surface area contributed by atoms with Crippen molar-refractivity contribution in [3.8, 4) is 5.75 Å². The first-order chi connectivity index (χ1) is 6.31. The lowest BCUT2D eigenvalue weighted by Crippen LogP contribution is -2.06. The maximum atomic E-state index is 5.14. The second-order valence-electron chi connectivity index (χ2n) is 2.80. The van der Waals surface area contributed by atoms with Gasteiger partial charge in [0.25, 0.3) is 0 Å². The van der Waals surface area contributed by atoms with Crippen LogP contribution in [0.1, 0.15) is 11.1 Å². The van der Waals surface area contributed by atoms with E-state index in [9.17, 15) is 0 Å². The van der Waals surface area contributed by atoms with Crippen LogP contribution >= 0.6 is 0 Å². The van der Waals surface area contributed by atoms with Crippen LogP contribution < -0.4 is 10.1 Å². The van der Waals surface area contributed by atoms with Gasteiger partial charge in [-0.3, -0.25) is 0 Å². The fourth-order valence-electron chi connectivity index (χ4n) is 1.25. The quantitative estimate of drug-likeness (QED) is 0.760. The van der Waals surface area contributed by atoms with Gasteiger partial charge in [-0.25, -0.2) is 0 Å². The molecule has 70 valence electrons. The molecule has 0 fully saturated rings. The monoisotopic (exact) mass is 177 g/mol. The first-order valence-corrected chi connectivity index (χ1v) is 4.25. The summed E-state index contributed by atoms with van der Waals surface area (Å²) >= 11 is 0. The first-order valence-electron chi connectivity index (χ1n) is 4.25. The van der Waals surface area contributed by atoms with Gasteiger partial charge in [0.2, 0.25) is 0 Å². The highest BCUT2D eigenvalue weighted by Gasteiger charge is 1.99. The van der Waals surface area contributed by atoms with Crippen LogP contribution in [-0.2, 0) is 6.54 Å². The number of methoxy groups -OCH3 is 1. The summed E-state index contributed by atoms with van der Waals surface area (Å²) in [6.07, 6.45) is 1.85. The van der Waals surface area contributed by atoms with E-state index >= 15 is 0 Å². The molecular weight excluding hydrogens is 162 g/mol. The van der Waals surface area contributed by atoms with Gasteiger partial charge < -0.3 is 10.1 Å². The molecule has 0 aliphatic heterocycles. The van der Waals surface area contributed by atoms with Gasteiger partial charge in [-0.1, -0.05) is 18.7 Å². The summed E-state index contributed by atoms with van der Waals surface area (Å²) in [5.74, 6) is 0.885. The van der Waals surface area contributed by atoms with Crippen molar-refractivity contribution >= 4 is 6.08 Å². The highest BCUT2D eigenvalue weighted by Crippen LogP contribution is 2.18. The average Bonchev–Trinajstić information content (AvgIpc) is 2.18. The Morgan fingerprint density at radius 2 is 2.31 bits per heavy atom. The lowest BCUT2D eigenvalue weighted by atomic mass is 10.1. The Labute approximate surface area is 79.2 Å². The van der Waals surface area contributed by atoms with Gasteiger partial charge in [-0.2, -0.15) is 0 Å². The van der Waals surface area contributed by atoms with Gasteiger partial charge in [0.05, 0.1) is 7.11 Å². The highest BCUT2D eigenvalue weighted by molar-refractivity contribution is 5.53. The van der Waals surface area contributed by atoms with Crippen LogP contribution in [0.3, 0.4) is 0 Å². The summed E-state index contributed by atoms with van der Waals surface area (Å²) in [7, 11) is 3.60. The second-order valence-corrected chi connectivity index (χ2v) is 2.80. The maximum Gasteiger partial charge on any atom is 0.119 e. The van der Waals surface area contributed by atoms with Crippen molar-refractivity contribution in [1.82, 2.24) is 5.32 Å². The molecule has 0 saturated carbocycles. The Morgan fingerprint density at radius 1 is 1.54 bits per heavy atom. The van der Waals surface area contributed by atoms with Gasteiger partial charge in [0, 0.05) is 6.54 Å². The van der Waals surface area contributed by atoms with Crippen LogP contribution in [0.25, 0.3) is 6.08 Å². The molecule has 0 bridgehead atoms. The topological polar surface area (TPSA) is 21.3 Å². The highest BCUT2D eigenvalue weighted by atomic mass is 16.5. The van der Waals surface area contributed by atoms with Crippen LogP contribution in [0.2, 0.25) is 0 Å². The molecular formula is C11H15NO. The standard InChI is InChI=1S/C11H15NO/c1-4-9-5-6-11(13-3)7-10(9)8-12-2/h4-7,12H,1,8H2,2-3H3. The summed E-state index contributed by atoms with van der Waals surface area (Å²) < 4.78 is 5.14. The summed E-state index contributed by atoms with van der Waals surface area (Å²) in [5.41, 5.74) is 2.35. The van der Waals surface area contributed by atoms with E-state index in [0.29, 0.717) is 0 Å². The molecule has 1 aromatic carbocycles. The molecule has 1 N–H and O–H groups in total. The van der Waals surface area contributed by atoms with Crippen LogP contribution in [0, 0.1) is 0 Å². The van der Waals surface area contributed by atoms with Gasteiger partial charge in [0.15, 0.2) is 0 Å². The molecule has 0 aromatic heterocycles. The van der Waals surface area contributed by atoms with E-state index < -0.39 is 0 Å². The van der Waals surface area contributed by atoms with Crippen molar-refractivity contribution in [2.75, 3.05) is 14.2 Å². The molecule has 0 heterocycles. The van der Waals surface area contributed by atoms with Crippen molar-refractivity contribution in [1.29, 1.82) is 0 Å². The van der Waals surface area contributed by atoms with Crippen molar-refractivity contribution in [3.05, 3.63) is 35.9 Å². The van der Waals surface area contributed by atoms with E-state index in [1.807, 2.05) is 31.3 Å². The molecule has 0 aliphatic carbocycles. The van der Waals surface area contributed by atoms with Crippen molar-refractivity contribution in [2.45, 2.75) is 6.54 Å². The Kier molecular flexibility index (Phi) is 3.53. The fourth-order valence-corrected chi connectivity index (χ4v) is 1.25. The number of nitrogens with one attached hydrogen (secondary N) is 1. The third kappa shape index (κ3) is 2.33. The third-order valence-corrected chi connectivity index (χ3v) is 1.94. The average molecular weight is 177 g/mol. The van der Waals surface area contributed by atoms with E-state index in [4.69, 9.17) is 4.74 Å². The van der Waals surface area contributed by atoms with Gasteiger partial charge >= 0.3 is 0 Å². The van der Waals surface area contributed by atoms with E-state index in [-0.39, 0.29) is 0 Å². The Bertz CT molecular complexity index is 294. The molecule has 2 nitrogen and oxygen atoms in total. The molecule has 0 spiro atoms. The van der Waals surface area contributed by atoms with Crippen LogP contribution in [0.15, 0.2) is 24.8 Å². The molecule has 0 aliphatic rings. The molecule has 1 rings (SSSR count). The van der Waals surface area contributed by atoms with Gasteiger partial charge in [-0.05, 0) is 30.3 Å². The van der Waals surface area contributed by atoms with Crippen LogP contribution in [-0.4, -0.2) is 14.2 Å². The molecule has 0 amide bonds. The third-order valence-electron chi connectivity index (χ3n) is 1.94. The second kappa shape index (κ2) is 4.67. The fraction of sp³-hybridized carbons (Fsp3) is 0.273. The number of benzene rings is 1. The Balaban J connectivity index is 3.02. The molecule has 0 saturated heterocycles. The van der Waals surface area contributed by atoms with E-state index in [1.165, 1.54) is 5.56 Å². The van der Waals surface area contributed by atoms with E-state index in [1.54, 1.807) is 7.11 Å². The lowest BCUT2D eigenvalue weighted by Gasteiger charge is -2.07. The summed E-state index contributed by atoms with van der Waals surface area (Å²) in [6, 6.07) is 5.97. The Hall–Kier alpha value is -1.28. The van der Waals surface area contributed by atoms with Crippen LogP contribution in [0.5, 0.6) is 5.75 Å². The van der Waals surface area contributed by atoms with Crippen LogP contribution in [0.4, 0.5) is 0 Å². The normalized spacial score (nSPS) is 9.69. The van der Waals surface area contributed by atoms with Crippen molar-refractivity contribution < 1.29 is 4.74 Å². The number of hydrogen-bond donors (Lipinski definition) is 1. The predicted octanol–water partition coefficient (Wildman–Crippen LogP) is 2.06. The number of hydrogen-bond acceptors (Lipinski definition) is 2. The molecule has 0 unspecified atom stereocenters.